The van der Waals surface area contributed by atoms with Gasteiger partial charge in [-0.1, -0.05) is 176 Å². The van der Waals surface area contributed by atoms with E-state index in [1.54, 1.807) is 67.0 Å². The third-order valence-corrected chi connectivity index (χ3v) is 10.6. The van der Waals surface area contributed by atoms with Gasteiger partial charge in [-0.15, -0.1) is 0 Å². The number of aromatic nitrogens is 18. The molecule has 18 nitrogen and oxygen atoms in total. The molecule has 18 heteroatoms. The van der Waals surface area contributed by atoms with Crippen molar-refractivity contribution in [2.45, 2.75) is 173 Å². The highest BCUT2D eigenvalue weighted by atomic mass is 15.3. The molecule has 10 aromatic rings. The highest BCUT2D eigenvalue weighted by Crippen LogP contribution is 2.18. The molecular weight excluding hydrogens is 1120 g/mol. The third-order valence-electron chi connectivity index (χ3n) is 10.6. The number of hydrogen-bond donors (Lipinski definition) is 0. The van der Waals surface area contributed by atoms with Gasteiger partial charge in [0, 0.05) is 60.3 Å². The fourth-order valence-corrected chi connectivity index (χ4v) is 6.82. The van der Waals surface area contributed by atoms with Crippen LogP contribution in [-0.4, -0.2) is 65.0 Å². The lowest BCUT2D eigenvalue weighted by molar-refractivity contribution is -0.721. The van der Waals surface area contributed by atoms with Crippen LogP contribution in [0.2, 0.25) is 0 Å². The normalized spacial score (nSPS) is 8.56. The Morgan fingerprint density at radius 2 is 0.700 bits per heavy atom. The highest BCUT2D eigenvalue weighted by Gasteiger charge is 2.17. The Labute approximate surface area is 545 Å². The molecule has 0 aliphatic carbocycles. The lowest BCUT2D eigenvalue weighted by Crippen LogP contribution is -2.35. The molecule has 0 bridgehead atoms. The summed E-state index contributed by atoms with van der Waals surface area (Å²) in [5, 5.41) is 8.24. The van der Waals surface area contributed by atoms with Gasteiger partial charge in [0.2, 0.25) is 12.0 Å². The molecule has 0 saturated heterocycles. The molecule has 10 heterocycles. The van der Waals surface area contributed by atoms with E-state index >= 15 is 0 Å². The first-order valence-corrected chi connectivity index (χ1v) is 32.1. The van der Waals surface area contributed by atoms with Crippen molar-refractivity contribution in [2.24, 2.45) is 35.2 Å². The van der Waals surface area contributed by atoms with E-state index in [1.165, 1.54) is 12.7 Å². The van der Waals surface area contributed by atoms with E-state index in [1.807, 2.05) is 294 Å². The largest absolute Gasteiger partial charge is 0.333 e. The standard InChI is InChI=1S/2C11H12N3.3C10H11N4.10C2H6/c1-9-5-3-7-12-11(9)10-6-4-8-13-14(10)2;1-9-10(7-12-8-13-9)11-5-3-4-6-14(11)2;1-8-9(6-11-7-13-8)10-12-4-3-5-14(10)2;1-8-4-3-5-12-9(8)10-13-6-11-7-14(10)2;1-8-4-3-5-12-10(8)9-6-11-7-13-14(9)2;10*1-2/h2*3-8H,1-2H3;3*3-7H,1-2H3;10*1-2H3/q5*+1;;;;;;;;;;. The summed E-state index contributed by atoms with van der Waals surface area (Å²) in [6, 6.07) is 23.8. The number of aryl methyl sites for hydroxylation is 10. The van der Waals surface area contributed by atoms with Crippen LogP contribution in [0.25, 0.3) is 56.9 Å². The Bertz CT molecular complexity index is 2560. The Morgan fingerprint density at radius 1 is 0.289 bits per heavy atom. The maximum atomic E-state index is 4.35. The molecule has 90 heavy (non-hydrogen) atoms. The van der Waals surface area contributed by atoms with Gasteiger partial charge in [-0.05, 0) is 91.7 Å². The first kappa shape index (κ1) is 89.7. The fraction of sp³-hybridized carbons (Fsp3) is 0.417. The van der Waals surface area contributed by atoms with Gasteiger partial charge < -0.3 is 0 Å². The molecule has 0 amide bonds. The summed E-state index contributed by atoms with van der Waals surface area (Å²) in [5.74, 6) is 1.71. The Hall–Kier alpha value is -9.06. The summed E-state index contributed by atoms with van der Waals surface area (Å²) in [6.07, 6.45) is 26.1. The van der Waals surface area contributed by atoms with Crippen LogP contribution in [0.1, 0.15) is 167 Å². The summed E-state index contributed by atoms with van der Waals surface area (Å²) in [6.45, 7) is 50.0. The number of pyridine rings is 4. The van der Waals surface area contributed by atoms with E-state index in [0.717, 1.165) is 85.0 Å². The third kappa shape index (κ3) is 32.8. The molecule has 490 valence electrons. The van der Waals surface area contributed by atoms with Crippen LogP contribution in [-0.2, 0) is 35.2 Å². The van der Waals surface area contributed by atoms with E-state index in [9.17, 15) is 0 Å². The van der Waals surface area contributed by atoms with Crippen LogP contribution in [0.15, 0.2) is 166 Å². The molecule has 0 saturated carbocycles. The first-order valence-electron chi connectivity index (χ1n) is 32.1. The van der Waals surface area contributed by atoms with Crippen molar-refractivity contribution in [1.29, 1.82) is 0 Å². The molecule has 0 aliphatic heterocycles. The zero-order chi connectivity index (χ0) is 69.8. The fourth-order valence-electron chi connectivity index (χ4n) is 6.82. The van der Waals surface area contributed by atoms with E-state index in [-0.39, 0.29) is 0 Å². The van der Waals surface area contributed by atoms with Crippen molar-refractivity contribution in [3.8, 4) is 56.9 Å². The monoisotopic (exact) mass is 1230 g/mol. The van der Waals surface area contributed by atoms with E-state index in [0.29, 0.717) is 0 Å². The van der Waals surface area contributed by atoms with Gasteiger partial charge in [-0.25, -0.2) is 53.6 Å². The highest BCUT2D eigenvalue weighted by molar-refractivity contribution is 5.57. The summed E-state index contributed by atoms with van der Waals surface area (Å²) >= 11 is 0. The predicted octanol–water partition coefficient (Wildman–Crippen LogP) is 14.8. The summed E-state index contributed by atoms with van der Waals surface area (Å²) in [7, 11) is 9.68. The molecule has 0 aromatic carbocycles. The van der Waals surface area contributed by atoms with Gasteiger partial charge in [-0.2, -0.15) is 0 Å². The van der Waals surface area contributed by atoms with Crippen molar-refractivity contribution in [1.82, 2.24) is 65.0 Å². The van der Waals surface area contributed by atoms with Gasteiger partial charge in [0.15, 0.2) is 26.6 Å². The molecule has 0 fully saturated rings. The van der Waals surface area contributed by atoms with E-state index < -0.39 is 0 Å². The van der Waals surface area contributed by atoms with E-state index in [4.69, 9.17) is 0 Å². The van der Waals surface area contributed by atoms with Crippen LogP contribution >= 0.6 is 0 Å². The van der Waals surface area contributed by atoms with Crippen LogP contribution in [0.5, 0.6) is 0 Å². The van der Waals surface area contributed by atoms with Crippen molar-refractivity contribution >= 4 is 0 Å². The summed E-state index contributed by atoms with van der Waals surface area (Å²) < 4.78 is 9.46. The van der Waals surface area contributed by atoms with Crippen molar-refractivity contribution in [2.75, 3.05) is 0 Å². The Balaban J connectivity index is -0.000000312. The maximum Gasteiger partial charge on any atom is 0.333 e. The van der Waals surface area contributed by atoms with Gasteiger partial charge in [0.1, 0.15) is 54.7 Å². The molecule has 0 aliphatic rings. The number of rotatable bonds is 5. The van der Waals surface area contributed by atoms with Crippen LogP contribution in [0, 0.1) is 34.6 Å². The predicted molar refractivity (Wildman–Crippen MR) is 374 cm³/mol. The average molecular weight is 1230 g/mol. The Morgan fingerprint density at radius 3 is 1.14 bits per heavy atom. The summed E-state index contributed by atoms with van der Waals surface area (Å²) in [5.41, 5.74) is 13.3. The Kier molecular flexibility index (Phi) is 60.0. The van der Waals surface area contributed by atoms with Gasteiger partial charge in [0.25, 0.3) is 23.5 Å². The lowest BCUT2D eigenvalue weighted by atomic mass is 10.1. The lowest BCUT2D eigenvalue weighted by Gasteiger charge is -2.01. The molecule has 0 N–H and O–H groups in total. The van der Waals surface area contributed by atoms with Crippen molar-refractivity contribution in [3.05, 3.63) is 194 Å². The number of nitrogens with zero attached hydrogens (tertiary/aromatic N) is 18. The van der Waals surface area contributed by atoms with E-state index in [2.05, 4.69) is 88.6 Å². The summed E-state index contributed by atoms with van der Waals surface area (Å²) in [4.78, 5) is 45.7. The molecule has 10 aromatic heterocycles. The first-order chi connectivity index (χ1) is 43.9. The zero-order valence-electron chi connectivity index (χ0n) is 61.1. The minimum absolute atomic E-state index is 0.832. The second-order valence-electron chi connectivity index (χ2n) is 15.7. The van der Waals surface area contributed by atoms with Gasteiger partial charge in [0.05, 0.1) is 43.4 Å². The second-order valence-corrected chi connectivity index (χ2v) is 15.7. The van der Waals surface area contributed by atoms with Crippen molar-refractivity contribution < 1.29 is 23.1 Å². The molecular formula is C72H117N18+5. The quantitative estimate of drug-likeness (QED) is 0.148. The van der Waals surface area contributed by atoms with Crippen LogP contribution < -0.4 is 23.1 Å². The molecule has 0 unspecified atom stereocenters. The van der Waals surface area contributed by atoms with Crippen molar-refractivity contribution in [3.63, 3.8) is 0 Å². The topological polar surface area (TPSA) is 187 Å². The van der Waals surface area contributed by atoms with Crippen LogP contribution in [0.4, 0.5) is 0 Å². The molecule has 0 atom stereocenters. The molecule has 0 spiro atoms. The molecule has 10 rings (SSSR count). The van der Waals surface area contributed by atoms with Gasteiger partial charge >= 0.3 is 5.82 Å². The SMILES string of the molecule is CC.CC.CC.CC.CC.CC.CC.CC.CC.CC.Cc1cccnc1-c1cccn[n+]1C.Cc1cccnc1-c1cncn[n+]1C.Cc1cccnc1-c1ncnc[n+]1C.Cc1ncncc1-c1cccc[n+]1C.Cc1ncncc1-c1nccc[n+]1C. The van der Waals surface area contributed by atoms with Crippen LogP contribution in [0.3, 0.4) is 0 Å². The molecule has 0 radical (unpaired) electrons. The zero-order valence-corrected chi connectivity index (χ0v) is 61.1. The average Bonchev–Trinajstić information content (AvgIpc) is 2.35. The minimum atomic E-state index is 0.832. The van der Waals surface area contributed by atoms with Gasteiger partial charge in [-0.3, -0.25) is 0 Å². The smallest absolute Gasteiger partial charge is 0.250 e. The second kappa shape index (κ2) is 60.2. The minimum Gasteiger partial charge on any atom is -0.250 e. The number of hydrogen-bond acceptors (Lipinski definition) is 13. The maximum absolute atomic E-state index is 4.35.